The number of amides is 1. The van der Waals surface area contributed by atoms with Gasteiger partial charge in [-0.3, -0.25) is 4.79 Å². The van der Waals surface area contributed by atoms with Crippen LogP contribution in [0.25, 0.3) is 0 Å². The lowest BCUT2D eigenvalue weighted by Gasteiger charge is -2.30. The van der Waals surface area contributed by atoms with Gasteiger partial charge >= 0.3 is 0 Å². The van der Waals surface area contributed by atoms with E-state index in [1.807, 2.05) is 66.5 Å². The summed E-state index contributed by atoms with van der Waals surface area (Å²) in [6, 6.07) is 26.2. The molecule has 0 saturated heterocycles. The molecule has 0 unspecified atom stereocenters. The first kappa shape index (κ1) is 17.2. The van der Waals surface area contributed by atoms with Crippen LogP contribution >= 0.6 is 0 Å². The second kappa shape index (κ2) is 7.54. The molecule has 1 aliphatic rings. The summed E-state index contributed by atoms with van der Waals surface area (Å²) in [6.45, 7) is 1.94. The van der Waals surface area contributed by atoms with Crippen molar-refractivity contribution in [3.05, 3.63) is 90.0 Å². The topological polar surface area (TPSA) is 35.6 Å². The molecule has 3 aromatic carbocycles. The Hall–Kier alpha value is -3.27. The number of hydrogen-bond donors (Lipinski definition) is 1. The van der Waals surface area contributed by atoms with Gasteiger partial charge in [-0.05, 0) is 29.8 Å². The lowest BCUT2D eigenvalue weighted by molar-refractivity contribution is 0.0750. The highest BCUT2D eigenvalue weighted by Gasteiger charge is 2.23. The van der Waals surface area contributed by atoms with Crippen molar-refractivity contribution in [2.45, 2.75) is 6.54 Å². The number of benzene rings is 3. The average molecular weight is 357 g/mol. The van der Waals surface area contributed by atoms with E-state index in [4.69, 9.17) is 0 Å². The molecular formula is C23H23N3O. The smallest absolute Gasteiger partial charge is 0.256 e. The van der Waals surface area contributed by atoms with Crippen LogP contribution in [-0.4, -0.2) is 30.9 Å². The standard InChI is InChI=1S/C23H23N3O/c1-25-21-13-7-5-11-19(21)23(27)26(17-18-9-3-2-4-10-18)16-15-24-20-12-6-8-14-22(20)25/h2-14,24H,15-17H2,1H3. The molecule has 4 heteroatoms. The zero-order chi connectivity index (χ0) is 18.6. The summed E-state index contributed by atoms with van der Waals surface area (Å²) in [7, 11) is 2.01. The fourth-order valence-electron chi connectivity index (χ4n) is 3.54. The first-order valence-corrected chi connectivity index (χ1v) is 9.23. The van der Waals surface area contributed by atoms with E-state index in [0.29, 0.717) is 19.6 Å². The van der Waals surface area contributed by atoms with Crippen LogP contribution < -0.4 is 10.2 Å². The predicted octanol–water partition coefficient (Wildman–Crippen LogP) is 4.52. The van der Waals surface area contributed by atoms with Gasteiger partial charge in [0.2, 0.25) is 0 Å². The maximum atomic E-state index is 13.4. The Balaban J connectivity index is 1.75. The second-order valence-electron chi connectivity index (χ2n) is 6.73. The number of rotatable bonds is 2. The molecule has 1 N–H and O–H groups in total. The van der Waals surface area contributed by atoms with Crippen molar-refractivity contribution in [3.8, 4) is 0 Å². The number of fused-ring (bicyclic) bond motifs is 2. The zero-order valence-electron chi connectivity index (χ0n) is 15.4. The number of nitrogens with one attached hydrogen (secondary N) is 1. The monoisotopic (exact) mass is 357 g/mol. The number of anilines is 3. The number of carbonyl (C=O) groups is 1. The fourth-order valence-corrected chi connectivity index (χ4v) is 3.54. The molecular weight excluding hydrogens is 334 g/mol. The molecule has 0 fully saturated rings. The van der Waals surface area contributed by atoms with Gasteiger partial charge in [0.1, 0.15) is 0 Å². The molecule has 0 aliphatic carbocycles. The van der Waals surface area contributed by atoms with E-state index in [1.165, 1.54) is 0 Å². The molecule has 1 heterocycles. The van der Waals surface area contributed by atoms with E-state index >= 15 is 0 Å². The van der Waals surface area contributed by atoms with Gasteiger partial charge in [0.05, 0.1) is 22.6 Å². The van der Waals surface area contributed by atoms with Crippen LogP contribution in [0.1, 0.15) is 15.9 Å². The molecule has 4 rings (SSSR count). The van der Waals surface area contributed by atoms with Crippen molar-refractivity contribution in [2.75, 3.05) is 30.4 Å². The van der Waals surface area contributed by atoms with Gasteiger partial charge in [-0.2, -0.15) is 0 Å². The Bertz CT molecular complexity index is 939. The summed E-state index contributed by atoms with van der Waals surface area (Å²) >= 11 is 0. The third-order valence-corrected chi connectivity index (χ3v) is 4.96. The lowest BCUT2D eigenvalue weighted by Crippen LogP contribution is -2.36. The molecule has 27 heavy (non-hydrogen) atoms. The largest absolute Gasteiger partial charge is 0.382 e. The molecule has 0 aromatic heterocycles. The maximum absolute atomic E-state index is 13.4. The minimum Gasteiger partial charge on any atom is -0.382 e. The van der Waals surface area contributed by atoms with E-state index in [1.54, 1.807) is 0 Å². The van der Waals surface area contributed by atoms with Crippen molar-refractivity contribution in [1.82, 2.24) is 4.90 Å². The summed E-state index contributed by atoms with van der Waals surface area (Å²) in [6.07, 6.45) is 0. The Morgan fingerprint density at radius 3 is 2.33 bits per heavy atom. The number of nitrogens with zero attached hydrogens (tertiary/aromatic N) is 2. The Labute approximate surface area is 160 Å². The van der Waals surface area contributed by atoms with Crippen LogP contribution in [0.3, 0.4) is 0 Å². The molecule has 0 saturated carbocycles. The zero-order valence-corrected chi connectivity index (χ0v) is 15.4. The second-order valence-corrected chi connectivity index (χ2v) is 6.73. The van der Waals surface area contributed by atoms with Gasteiger partial charge < -0.3 is 15.1 Å². The minimum absolute atomic E-state index is 0.0579. The van der Waals surface area contributed by atoms with Crippen molar-refractivity contribution in [1.29, 1.82) is 0 Å². The Morgan fingerprint density at radius 2 is 1.52 bits per heavy atom. The third kappa shape index (κ3) is 3.51. The average Bonchev–Trinajstić information content (AvgIpc) is 2.72. The molecule has 1 aliphatic heterocycles. The fraction of sp³-hybridized carbons (Fsp3) is 0.174. The van der Waals surface area contributed by atoms with Crippen molar-refractivity contribution < 1.29 is 4.79 Å². The van der Waals surface area contributed by atoms with E-state index in [0.717, 1.165) is 28.2 Å². The van der Waals surface area contributed by atoms with E-state index in [2.05, 4.69) is 34.5 Å². The molecule has 136 valence electrons. The number of para-hydroxylation sites is 3. The van der Waals surface area contributed by atoms with Crippen LogP contribution in [0.4, 0.5) is 17.1 Å². The van der Waals surface area contributed by atoms with E-state index in [9.17, 15) is 4.79 Å². The predicted molar refractivity (Wildman–Crippen MR) is 111 cm³/mol. The van der Waals surface area contributed by atoms with Gasteiger partial charge in [-0.1, -0.05) is 54.6 Å². The van der Waals surface area contributed by atoms with E-state index in [-0.39, 0.29) is 5.91 Å². The summed E-state index contributed by atoms with van der Waals surface area (Å²) in [5.41, 5.74) is 4.91. The van der Waals surface area contributed by atoms with Gasteiger partial charge in [-0.15, -0.1) is 0 Å². The van der Waals surface area contributed by atoms with Crippen LogP contribution in [0.15, 0.2) is 78.9 Å². The molecule has 1 amide bonds. The highest BCUT2D eigenvalue weighted by molar-refractivity contribution is 6.01. The van der Waals surface area contributed by atoms with Crippen molar-refractivity contribution >= 4 is 23.0 Å². The van der Waals surface area contributed by atoms with Crippen LogP contribution in [0.5, 0.6) is 0 Å². The Morgan fingerprint density at radius 1 is 0.852 bits per heavy atom. The first-order chi connectivity index (χ1) is 13.2. The summed E-state index contributed by atoms with van der Waals surface area (Å²) in [4.78, 5) is 17.4. The molecule has 0 radical (unpaired) electrons. The highest BCUT2D eigenvalue weighted by atomic mass is 16.2. The lowest BCUT2D eigenvalue weighted by atomic mass is 10.1. The van der Waals surface area contributed by atoms with Gasteiger partial charge in [0.25, 0.3) is 5.91 Å². The molecule has 0 bridgehead atoms. The number of carbonyl (C=O) groups excluding carboxylic acids is 1. The van der Waals surface area contributed by atoms with E-state index < -0.39 is 0 Å². The molecule has 3 aromatic rings. The SMILES string of the molecule is CN1c2ccccc2NCCN(Cc2ccccc2)C(=O)c2ccccc21. The van der Waals surface area contributed by atoms with Crippen LogP contribution in [0, 0.1) is 0 Å². The Kier molecular flexibility index (Phi) is 4.79. The highest BCUT2D eigenvalue weighted by Crippen LogP contribution is 2.33. The normalized spacial score (nSPS) is 14.2. The molecule has 0 spiro atoms. The quantitative estimate of drug-likeness (QED) is 0.732. The van der Waals surface area contributed by atoms with Crippen molar-refractivity contribution in [2.24, 2.45) is 0 Å². The maximum Gasteiger partial charge on any atom is 0.256 e. The number of hydrogen-bond acceptors (Lipinski definition) is 3. The summed E-state index contributed by atoms with van der Waals surface area (Å²) < 4.78 is 0. The third-order valence-electron chi connectivity index (χ3n) is 4.96. The van der Waals surface area contributed by atoms with Gasteiger partial charge in [0, 0.05) is 26.7 Å². The molecule has 0 atom stereocenters. The summed E-state index contributed by atoms with van der Waals surface area (Å²) in [5.74, 6) is 0.0579. The molecule has 4 nitrogen and oxygen atoms in total. The van der Waals surface area contributed by atoms with Gasteiger partial charge in [0.15, 0.2) is 0 Å². The van der Waals surface area contributed by atoms with Crippen molar-refractivity contribution in [3.63, 3.8) is 0 Å². The van der Waals surface area contributed by atoms with Crippen LogP contribution in [0.2, 0.25) is 0 Å². The van der Waals surface area contributed by atoms with Crippen LogP contribution in [-0.2, 0) is 6.54 Å². The summed E-state index contributed by atoms with van der Waals surface area (Å²) in [5, 5.41) is 3.49. The first-order valence-electron chi connectivity index (χ1n) is 9.23. The van der Waals surface area contributed by atoms with Gasteiger partial charge in [-0.25, -0.2) is 0 Å². The minimum atomic E-state index is 0.0579.